The topological polar surface area (TPSA) is 44.4 Å². The van der Waals surface area contributed by atoms with Crippen LogP contribution >= 0.6 is 24.8 Å². The quantitative estimate of drug-likeness (QED) is 0.868. The summed E-state index contributed by atoms with van der Waals surface area (Å²) >= 11 is 0. The largest absolute Gasteiger partial charge is 0.371 e. The van der Waals surface area contributed by atoms with Crippen LogP contribution in [-0.2, 0) is 4.79 Å². The molecule has 2 fully saturated rings. The Bertz CT molecular complexity index is 484. The Morgan fingerprint density at radius 3 is 2.52 bits per heavy atom. The molecular weight excluding hydrogens is 333 g/mol. The Labute approximate surface area is 151 Å². The molecule has 2 N–H and O–H groups in total. The predicted molar refractivity (Wildman–Crippen MR) is 101 cm³/mol. The van der Waals surface area contributed by atoms with E-state index < -0.39 is 0 Å². The molecule has 6 heteroatoms. The second-order valence-corrected chi connectivity index (χ2v) is 6.13. The molecule has 1 amide bonds. The molecule has 1 aromatic carbocycles. The second-order valence-electron chi connectivity index (χ2n) is 6.13. The third-order valence-corrected chi connectivity index (χ3v) is 4.52. The molecule has 2 aliphatic rings. The average molecular weight is 360 g/mol. The van der Waals surface area contributed by atoms with Gasteiger partial charge in [-0.05, 0) is 44.0 Å². The van der Waals surface area contributed by atoms with Crippen LogP contribution in [0.1, 0.15) is 32.1 Å². The Morgan fingerprint density at radius 1 is 1.13 bits per heavy atom. The van der Waals surface area contributed by atoms with Gasteiger partial charge in [0, 0.05) is 31.0 Å². The highest BCUT2D eigenvalue weighted by atomic mass is 35.5. The number of benzene rings is 1. The summed E-state index contributed by atoms with van der Waals surface area (Å²) in [7, 11) is 0. The maximum Gasteiger partial charge on any atom is 0.228 e. The number of nitrogens with one attached hydrogen (secondary N) is 2. The van der Waals surface area contributed by atoms with Gasteiger partial charge in [-0.3, -0.25) is 4.79 Å². The molecule has 130 valence electrons. The van der Waals surface area contributed by atoms with Crippen molar-refractivity contribution in [2.24, 2.45) is 5.92 Å². The molecular formula is C17H27Cl2N3O. The zero-order valence-corrected chi connectivity index (χ0v) is 15.1. The van der Waals surface area contributed by atoms with Crippen molar-refractivity contribution in [3.63, 3.8) is 0 Å². The highest BCUT2D eigenvalue weighted by Crippen LogP contribution is 2.23. The maximum atomic E-state index is 12.2. The Morgan fingerprint density at radius 2 is 1.87 bits per heavy atom. The van der Waals surface area contributed by atoms with Crippen molar-refractivity contribution in [3.8, 4) is 0 Å². The van der Waals surface area contributed by atoms with Gasteiger partial charge in [0.05, 0.1) is 5.92 Å². The molecule has 2 saturated heterocycles. The van der Waals surface area contributed by atoms with E-state index in [9.17, 15) is 4.79 Å². The Hall–Kier alpha value is -0.970. The maximum absolute atomic E-state index is 12.2. The summed E-state index contributed by atoms with van der Waals surface area (Å²) in [6, 6.07) is 8.30. The van der Waals surface area contributed by atoms with E-state index in [2.05, 4.69) is 27.7 Å². The molecule has 2 aliphatic heterocycles. The smallest absolute Gasteiger partial charge is 0.228 e. The standard InChI is InChI=1S/C17H25N3O.2ClH/c21-17(14-8-9-18-13-14)19-15-6-5-7-16(12-15)20-10-3-1-2-4-11-20;;/h5-7,12,14,18H,1-4,8-11,13H2,(H,19,21);2*1H. The molecule has 3 rings (SSSR count). The molecule has 2 heterocycles. The van der Waals surface area contributed by atoms with Crippen LogP contribution in [0, 0.1) is 5.92 Å². The number of hydrogen-bond donors (Lipinski definition) is 2. The van der Waals surface area contributed by atoms with Crippen molar-refractivity contribution in [1.82, 2.24) is 5.32 Å². The van der Waals surface area contributed by atoms with Crippen molar-refractivity contribution in [2.45, 2.75) is 32.1 Å². The van der Waals surface area contributed by atoms with Crippen molar-refractivity contribution in [1.29, 1.82) is 0 Å². The molecule has 0 radical (unpaired) electrons. The fraction of sp³-hybridized carbons (Fsp3) is 0.588. The first-order chi connectivity index (χ1) is 10.3. The summed E-state index contributed by atoms with van der Waals surface area (Å²) in [6.07, 6.45) is 6.15. The first-order valence-corrected chi connectivity index (χ1v) is 8.19. The molecule has 1 atom stereocenters. The van der Waals surface area contributed by atoms with Crippen LogP contribution in [0.5, 0.6) is 0 Å². The van der Waals surface area contributed by atoms with Gasteiger partial charge in [-0.1, -0.05) is 18.9 Å². The number of amides is 1. The van der Waals surface area contributed by atoms with E-state index in [0.29, 0.717) is 0 Å². The van der Waals surface area contributed by atoms with Gasteiger partial charge in [0.15, 0.2) is 0 Å². The minimum absolute atomic E-state index is 0. The summed E-state index contributed by atoms with van der Waals surface area (Å²) in [6.45, 7) is 4.01. The zero-order chi connectivity index (χ0) is 14.5. The molecule has 0 aromatic heterocycles. The number of carbonyl (C=O) groups excluding carboxylic acids is 1. The molecule has 23 heavy (non-hydrogen) atoms. The predicted octanol–water partition coefficient (Wildman–Crippen LogP) is 3.46. The van der Waals surface area contributed by atoms with Crippen LogP contribution in [-0.4, -0.2) is 32.1 Å². The third-order valence-electron chi connectivity index (χ3n) is 4.52. The van der Waals surface area contributed by atoms with Gasteiger partial charge in [-0.25, -0.2) is 0 Å². The zero-order valence-electron chi connectivity index (χ0n) is 13.4. The van der Waals surface area contributed by atoms with E-state index in [-0.39, 0.29) is 36.6 Å². The number of carbonyl (C=O) groups is 1. The van der Waals surface area contributed by atoms with E-state index in [1.807, 2.05) is 12.1 Å². The lowest BCUT2D eigenvalue weighted by Gasteiger charge is -2.23. The minimum atomic E-state index is 0. The number of nitrogens with zero attached hydrogens (tertiary/aromatic N) is 1. The van der Waals surface area contributed by atoms with Crippen molar-refractivity contribution >= 4 is 42.1 Å². The number of rotatable bonds is 3. The second kappa shape index (κ2) is 10.0. The Balaban J connectivity index is 0.00000132. The van der Waals surface area contributed by atoms with Gasteiger partial charge in [-0.15, -0.1) is 24.8 Å². The van der Waals surface area contributed by atoms with Crippen LogP contribution in [0.4, 0.5) is 11.4 Å². The van der Waals surface area contributed by atoms with Crippen LogP contribution in [0.2, 0.25) is 0 Å². The third kappa shape index (κ3) is 5.55. The van der Waals surface area contributed by atoms with E-state index in [1.165, 1.54) is 31.4 Å². The summed E-state index contributed by atoms with van der Waals surface area (Å²) in [4.78, 5) is 14.6. The fourth-order valence-corrected chi connectivity index (χ4v) is 3.23. The molecule has 0 spiro atoms. The highest BCUT2D eigenvalue weighted by Gasteiger charge is 2.22. The molecule has 1 aromatic rings. The van der Waals surface area contributed by atoms with Crippen molar-refractivity contribution in [2.75, 3.05) is 36.4 Å². The lowest BCUT2D eigenvalue weighted by atomic mass is 10.1. The highest BCUT2D eigenvalue weighted by molar-refractivity contribution is 5.93. The van der Waals surface area contributed by atoms with Crippen LogP contribution in [0.15, 0.2) is 24.3 Å². The van der Waals surface area contributed by atoms with Crippen LogP contribution < -0.4 is 15.5 Å². The van der Waals surface area contributed by atoms with Crippen LogP contribution in [0.25, 0.3) is 0 Å². The van der Waals surface area contributed by atoms with Gasteiger partial charge < -0.3 is 15.5 Å². The lowest BCUT2D eigenvalue weighted by Crippen LogP contribution is -2.26. The van der Waals surface area contributed by atoms with E-state index in [1.54, 1.807) is 0 Å². The number of halogens is 2. The number of anilines is 2. The van der Waals surface area contributed by atoms with Gasteiger partial charge in [0.25, 0.3) is 0 Å². The molecule has 0 bridgehead atoms. The molecule has 0 saturated carbocycles. The van der Waals surface area contributed by atoms with Crippen molar-refractivity contribution < 1.29 is 4.79 Å². The Kier molecular flexibility index (Phi) is 8.74. The molecule has 1 unspecified atom stereocenters. The van der Waals surface area contributed by atoms with E-state index in [4.69, 9.17) is 0 Å². The number of hydrogen-bond acceptors (Lipinski definition) is 3. The van der Waals surface area contributed by atoms with Gasteiger partial charge in [0.1, 0.15) is 0 Å². The first kappa shape index (κ1) is 20.1. The van der Waals surface area contributed by atoms with Gasteiger partial charge in [-0.2, -0.15) is 0 Å². The SMILES string of the molecule is Cl.Cl.O=C(Nc1cccc(N2CCCCCC2)c1)C1CCNC1. The summed E-state index contributed by atoms with van der Waals surface area (Å²) in [5.74, 6) is 0.264. The lowest BCUT2D eigenvalue weighted by molar-refractivity contribution is -0.119. The molecule has 0 aliphatic carbocycles. The average Bonchev–Trinajstić information content (AvgIpc) is 2.90. The van der Waals surface area contributed by atoms with E-state index in [0.717, 1.165) is 38.3 Å². The monoisotopic (exact) mass is 359 g/mol. The molecule has 4 nitrogen and oxygen atoms in total. The van der Waals surface area contributed by atoms with Gasteiger partial charge in [0.2, 0.25) is 5.91 Å². The normalized spacial score (nSPS) is 20.9. The summed E-state index contributed by atoms with van der Waals surface area (Å²) in [5, 5.41) is 6.31. The first-order valence-electron chi connectivity index (χ1n) is 8.19. The summed E-state index contributed by atoms with van der Waals surface area (Å²) < 4.78 is 0. The van der Waals surface area contributed by atoms with Crippen molar-refractivity contribution in [3.05, 3.63) is 24.3 Å². The van der Waals surface area contributed by atoms with Crippen LogP contribution in [0.3, 0.4) is 0 Å². The summed E-state index contributed by atoms with van der Waals surface area (Å²) in [5.41, 5.74) is 2.16. The van der Waals surface area contributed by atoms with Gasteiger partial charge >= 0.3 is 0 Å². The minimum Gasteiger partial charge on any atom is -0.371 e. The van der Waals surface area contributed by atoms with E-state index >= 15 is 0 Å². The fourth-order valence-electron chi connectivity index (χ4n) is 3.23.